The van der Waals surface area contributed by atoms with Gasteiger partial charge in [-0.2, -0.15) is 0 Å². The molecule has 3 rings (SSSR count). The zero-order valence-corrected chi connectivity index (χ0v) is 16.4. The highest BCUT2D eigenvalue weighted by Gasteiger charge is 2.19. The molecule has 0 saturated carbocycles. The van der Waals surface area contributed by atoms with Crippen molar-refractivity contribution in [3.8, 4) is 0 Å². The number of nitrogens with two attached hydrogens (primary N) is 1. The Labute approximate surface area is 165 Å². The minimum atomic E-state index is -0.503. The fourth-order valence-electron chi connectivity index (χ4n) is 2.50. The predicted octanol–water partition coefficient (Wildman–Crippen LogP) is 2.35. The van der Waals surface area contributed by atoms with E-state index in [1.165, 1.54) is 23.1 Å². The maximum atomic E-state index is 12.3. The maximum Gasteiger partial charge on any atom is 0.248 e. The summed E-state index contributed by atoms with van der Waals surface area (Å²) in [6.45, 7) is 3.34. The van der Waals surface area contributed by atoms with E-state index >= 15 is 0 Å². The summed E-state index contributed by atoms with van der Waals surface area (Å²) in [5, 5.41) is 14.6. The third kappa shape index (κ3) is 5.65. The summed E-state index contributed by atoms with van der Waals surface area (Å²) in [6.07, 6.45) is 2.39. The van der Waals surface area contributed by atoms with Gasteiger partial charge < -0.3 is 21.1 Å². The number of nitrogens with one attached hydrogen (secondary N) is 2. The van der Waals surface area contributed by atoms with Crippen molar-refractivity contribution in [2.24, 2.45) is 5.73 Å². The lowest BCUT2D eigenvalue weighted by Crippen LogP contribution is -2.22. The van der Waals surface area contributed by atoms with Gasteiger partial charge in [0, 0.05) is 24.4 Å². The highest BCUT2D eigenvalue weighted by molar-refractivity contribution is 8.02. The van der Waals surface area contributed by atoms with Gasteiger partial charge in [0.1, 0.15) is 0 Å². The fourth-order valence-corrected chi connectivity index (χ4v) is 4.40. The van der Waals surface area contributed by atoms with Crippen molar-refractivity contribution >= 4 is 45.7 Å². The van der Waals surface area contributed by atoms with Crippen molar-refractivity contribution in [2.45, 2.75) is 35.5 Å². The van der Waals surface area contributed by atoms with Crippen LogP contribution in [0.4, 0.5) is 10.8 Å². The monoisotopic (exact) mass is 407 g/mol. The molecule has 0 spiro atoms. The molecule has 0 bridgehead atoms. The summed E-state index contributed by atoms with van der Waals surface area (Å²) in [4.78, 5) is 23.4. The average Bonchev–Trinajstić information content (AvgIpc) is 3.32. The number of anilines is 2. The molecule has 4 N–H and O–H groups in total. The zero-order valence-electron chi connectivity index (χ0n) is 14.8. The quantitative estimate of drug-likeness (QED) is 0.575. The second-order valence-electron chi connectivity index (χ2n) is 6.08. The van der Waals surface area contributed by atoms with E-state index in [0.29, 0.717) is 11.3 Å². The Kier molecular flexibility index (Phi) is 6.64. The topological polar surface area (TPSA) is 119 Å². The van der Waals surface area contributed by atoms with E-state index in [1.807, 2.05) is 0 Å². The number of hydrogen-bond donors (Lipinski definition) is 3. The summed E-state index contributed by atoms with van der Waals surface area (Å²) >= 11 is 2.76. The van der Waals surface area contributed by atoms with Gasteiger partial charge in [-0.3, -0.25) is 9.59 Å². The van der Waals surface area contributed by atoms with Crippen molar-refractivity contribution in [1.29, 1.82) is 0 Å². The molecule has 1 aliphatic heterocycles. The number of primary amides is 1. The molecule has 27 heavy (non-hydrogen) atoms. The molecule has 0 radical (unpaired) electrons. The molecule has 0 unspecified atom stereocenters. The highest BCUT2D eigenvalue weighted by atomic mass is 32.2. The summed E-state index contributed by atoms with van der Waals surface area (Å²) in [5.41, 5.74) is 6.21. The molecule has 144 valence electrons. The Morgan fingerprint density at radius 1 is 1.37 bits per heavy atom. The van der Waals surface area contributed by atoms with Crippen LogP contribution in [0.5, 0.6) is 0 Å². The second-order valence-corrected chi connectivity index (χ2v) is 8.65. The summed E-state index contributed by atoms with van der Waals surface area (Å²) in [7, 11) is 0. The van der Waals surface area contributed by atoms with E-state index in [9.17, 15) is 9.59 Å². The molecule has 1 fully saturated rings. The van der Waals surface area contributed by atoms with Crippen molar-refractivity contribution in [3.63, 3.8) is 0 Å². The van der Waals surface area contributed by atoms with E-state index in [-0.39, 0.29) is 17.3 Å². The molecule has 1 aromatic heterocycles. The number of hydrogen-bond acceptors (Lipinski definition) is 8. The van der Waals surface area contributed by atoms with Crippen LogP contribution in [0.2, 0.25) is 0 Å². The van der Waals surface area contributed by atoms with Crippen LogP contribution >= 0.6 is 23.1 Å². The van der Waals surface area contributed by atoms with Crippen molar-refractivity contribution in [2.75, 3.05) is 23.8 Å². The minimum Gasteiger partial charge on any atom is -0.376 e. The van der Waals surface area contributed by atoms with Gasteiger partial charge in [-0.05, 0) is 44.0 Å². The standard InChI is InChI=1S/C17H21N5O3S2/c1-10(15(24)20-12-6-4-11(5-7-12)14(18)23)26-17-22-21-16(27-17)19-9-13-3-2-8-25-13/h4-7,10,13H,2-3,8-9H2,1H3,(H2,18,23)(H,19,21)(H,20,24)/t10-,13+/m0/s1. The number of ether oxygens (including phenoxy) is 1. The van der Waals surface area contributed by atoms with E-state index in [0.717, 1.165) is 35.5 Å². The van der Waals surface area contributed by atoms with Gasteiger partial charge in [-0.15, -0.1) is 10.2 Å². The summed E-state index contributed by atoms with van der Waals surface area (Å²) in [6, 6.07) is 6.44. The molecular formula is C17H21N5O3S2. The molecule has 0 aliphatic carbocycles. The van der Waals surface area contributed by atoms with Gasteiger partial charge >= 0.3 is 0 Å². The van der Waals surface area contributed by atoms with E-state index in [1.54, 1.807) is 31.2 Å². The number of thioether (sulfide) groups is 1. The van der Waals surface area contributed by atoms with Gasteiger partial charge in [0.15, 0.2) is 4.34 Å². The van der Waals surface area contributed by atoms with Crippen LogP contribution < -0.4 is 16.4 Å². The van der Waals surface area contributed by atoms with Crippen LogP contribution in [0.3, 0.4) is 0 Å². The molecule has 1 aliphatic rings. The molecule has 1 aromatic carbocycles. The van der Waals surface area contributed by atoms with Gasteiger partial charge in [-0.25, -0.2) is 0 Å². The first kappa shape index (κ1) is 19.6. The van der Waals surface area contributed by atoms with Gasteiger partial charge in [0.05, 0.1) is 11.4 Å². The first-order chi connectivity index (χ1) is 13.0. The summed E-state index contributed by atoms with van der Waals surface area (Å²) < 4.78 is 6.28. The van der Waals surface area contributed by atoms with Crippen LogP contribution in [0.25, 0.3) is 0 Å². The first-order valence-electron chi connectivity index (χ1n) is 8.57. The lowest BCUT2D eigenvalue weighted by Gasteiger charge is -2.10. The normalized spacial score (nSPS) is 17.4. The highest BCUT2D eigenvalue weighted by Crippen LogP contribution is 2.29. The summed E-state index contributed by atoms with van der Waals surface area (Å²) in [5.74, 6) is -0.659. The molecule has 8 nitrogen and oxygen atoms in total. The molecular weight excluding hydrogens is 386 g/mol. The number of nitrogens with zero attached hydrogens (tertiary/aromatic N) is 2. The smallest absolute Gasteiger partial charge is 0.248 e. The van der Waals surface area contributed by atoms with Crippen LogP contribution in [0.1, 0.15) is 30.1 Å². The molecule has 10 heteroatoms. The van der Waals surface area contributed by atoms with Crippen LogP contribution in [-0.4, -0.2) is 46.5 Å². The predicted molar refractivity (Wildman–Crippen MR) is 106 cm³/mol. The Morgan fingerprint density at radius 2 is 2.15 bits per heavy atom. The van der Waals surface area contributed by atoms with E-state index in [4.69, 9.17) is 10.5 Å². The average molecular weight is 408 g/mol. The lowest BCUT2D eigenvalue weighted by molar-refractivity contribution is -0.115. The third-order valence-corrected chi connectivity index (χ3v) is 6.06. The number of rotatable bonds is 8. The van der Waals surface area contributed by atoms with Crippen LogP contribution in [0.15, 0.2) is 28.6 Å². The molecule has 2 aromatic rings. The zero-order chi connectivity index (χ0) is 19.2. The van der Waals surface area contributed by atoms with E-state index < -0.39 is 5.91 Å². The Balaban J connectivity index is 1.48. The number of carbonyl (C=O) groups is 2. The molecule has 2 atom stereocenters. The van der Waals surface area contributed by atoms with E-state index in [2.05, 4.69) is 20.8 Å². The SMILES string of the molecule is C[C@H](Sc1nnc(NC[C@H]2CCCO2)s1)C(=O)Nc1ccc(C(N)=O)cc1. The first-order valence-corrected chi connectivity index (χ1v) is 10.3. The number of aromatic nitrogens is 2. The van der Waals surface area contributed by atoms with Gasteiger partial charge in [-0.1, -0.05) is 23.1 Å². The van der Waals surface area contributed by atoms with Crippen molar-refractivity contribution < 1.29 is 14.3 Å². The Morgan fingerprint density at radius 3 is 2.81 bits per heavy atom. The fraction of sp³-hybridized carbons (Fsp3) is 0.412. The minimum absolute atomic E-state index is 0.157. The van der Waals surface area contributed by atoms with Crippen molar-refractivity contribution in [3.05, 3.63) is 29.8 Å². The van der Waals surface area contributed by atoms with Crippen molar-refractivity contribution in [1.82, 2.24) is 10.2 Å². The lowest BCUT2D eigenvalue weighted by atomic mass is 10.2. The molecule has 2 heterocycles. The van der Waals surface area contributed by atoms with Gasteiger partial charge in [0.2, 0.25) is 16.9 Å². The number of amides is 2. The maximum absolute atomic E-state index is 12.3. The third-order valence-electron chi connectivity index (χ3n) is 4.00. The van der Waals surface area contributed by atoms with Crippen LogP contribution in [0, 0.1) is 0 Å². The van der Waals surface area contributed by atoms with Gasteiger partial charge in [0.25, 0.3) is 0 Å². The largest absolute Gasteiger partial charge is 0.376 e. The Bertz CT molecular complexity index is 790. The molecule has 2 amide bonds. The Hall–Kier alpha value is -2.17. The second kappa shape index (κ2) is 9.16. The van der Waals surface area contributed by atoms with Crippen LogP contribution in [-0.2, 0) is 9.53 Å². The molecule has 1 saturated heterocycles. The number of benzene rings is 1. The number of carbonyl (C=O) groups excluding carboxylic acids is 2.